The number of amides is 1. The lowest BCUT2D eigenvalue weighted by Crippen LogP contribution is -2.35. The molecule has 116 valence electrons. The van der Waals surface area contributed by atoms with E-state index in [1.54, 1.807) is 4.90 Å². The number of hydrogen-bond acceptors (Lipinski definition) is 3. The highest BCUT2D eigenvalue weighted by molar-refractivity contribution is 5.91. The fourth-order valence-corrected chi connectivity index (χ4v) is 2.32. The van der Waals surface area contributed by atoms with Crippen LogP contribution in [0, 0.1) is 5.92 Å². The number of fused-ring (bicyclic) bond motifs is 1. The Morgan fingerprint density at radius 3 is 2.71 bits per heavy atom. The van der Waals surface area contributed by atoms with Gasteiger partial charge in [-0.05, 0) is 50.8 Å². The van der Waals surface area contributed by atoms with E-state index >= 15 is 0 Å². The van der Waals surface area contributed by atoms with Crippen LogP contribution in [0.15, 0.2) is 18.2 Å². The first-order valence-corrected chi connectivity index (χ1v) is 7.63. The van der Waals surface area contributed by atoms with Gasteiger partial charge in [0, 0.05) is 18.8 Å². The van der Waals surface area contributed by atoms with Crippen LogP contribution in [0.3, 0.4) is 0 Å². The SMILES string of the molecule is CC(C)CNc1ccc2c(c1)N(C(=O)OC(C)(C)C)CC2. The van der Waals surface area contributed by atoms with E-state index in [2.05, 4.69) is 37.4 Å². The molecule has 4 nitrogen and oxygen atoms in total. The van der Waals surface area contributed by atoms with Crippen LogP contribution in [0.25, 0.3) is 0 Å². The Bertz CT molecular complexity index is 518. The third-order valence-electron chi connectivity index (χ3n) is 3.31. The molecule has 4 heteroatoms. The van der Waals surface area contributed by atoms with E-state index in [-0.39, 0.29) is 6.09 Å². The predicted molar refractivity (Wildman–Crippen MR) is 87.1 cm³/mol. The molecule has 0 bridgehead atoms. The van der Waals surface area contributed by atoms with E-state index in [1.807, 2.05) is 20.8 Å². The zero-order chi connectivity index (χ0) is 15.6. The summed E-state index contributed by atoms with van der Waals surface area (Å²) in [5.41, 5.74) is 2.76. The van der Waals surface area contributed by atoms with Crippen LogP contribution in [-0.4, -0.2) is 24.8 Å². The summed E-state index contributed by atoms with van der Waals surface area (Å²) in [5, 5.41) is 3.40. The van der Waals surface area contributed by atoms with Crippen LogP contribution < -0.4 is 10.2 Å². The van der Waals surface area contributed by atoms with Gasteiger partial charge in [0.05, 0.1) is 5.69 Å². The fraction of sp³-hybridized carbons (Fsp3) is 0.588. The maximum Gasteiger partial charge on any atom is 0.414 e. The molecule has 21 heavy (non-hydrogen) atoms. The van der Waals surface area contributed by atoms with Crippen molar-refractivity contribution in [3.05, 3.63) is 23.8 Å². The van der Waals surface area contributed by atoms with Crippen LogP contribution in [0.4, 0.5) is 16.2 Å². The molecule has 0 atom stereocenters. The lowest BCUT2D eigenvalue weighted by atomic mass is 10.1. The van der Waals surface area contributed by atoms with Crippen molar-refractivity contribution in [2.24, 2.45) is 5.92 Å². The molecule has 1 aromatic carbocycles. The van der Waals surface area contributed by atoms with Crippen molar-refractivity contribution in [1.82, 2.24) is 0 Å². The Hall–Kier alpha value is -1.71. The number of carbonyl (C=O) groups is 1. The van der Waals surface area contributed by atoms with Crippen molar-refractivity contribution in [1.29, 1.82) is 0 Å². The van der Waals surface area contributed by atoms with Gasteiger partial charge in [0.1, 0.15) is 5.60 Å². The van der Waals surface area contributed by atoms with Gasteiger partial charge in [-0.25, -0.2) is 4.79 Å². The molecule has 1 heterocycles. The van der Waals surface area contributed by atoms with Crippen molar-refractivity contribution < 1.29 is 9.53 Å². The molecule has 1 N–H and O–H groups in total. The molecule has 1 aliphatic heterocycles. The van der Waals surface area contributed by atoms with E-state index in [9.17, 15) is 4.79 Å². The van der Waals surface area contributed by atoms with Gasteiger partial charge in [-0.1, -0.05) is 19.9 Å². The van der Waals surface area contributed by atoms with Crippen LogP contribution in [0.5, 0.6) is 0 Å². The summed E-state index contributed by atoms with van der Waals surface area (Å²) in [6.45, 7) is 11.6. The number of carbonyl (C=O) groups excluding carboxylic acids is 1. The van der Waals surface area contributed by atoms with Crippen LogP contribution >= 0.6 is 0 Å². The molecule has 1 aliphatic rings. The van der Waals surface area contributed by atoms with Crippen molar-refractivity contribution in [2.45, 2.75) is 46.6 Å². The van der Waals surface area contributed by atoms with Crippen molar-refractivity contribution in [3.8, 4) is 0 Å². The van der Waals surface area contributed by atoms with Crippen molar-refractivity contribution in [3.63, 3.8) is 0 Å². The number of benzene rings is 1. The number of nitrogens with one attached hydrogen (secondary N) is 1. The zero-order valence-corrected chi connectivity index (χ0v) is 13.7. The standard InChI is InChI=1S/C17H26N2O2/c1-12(2)11-18-14-7-6-13-8-9-19(15(13)10-14)16(20)21-17(3,4)5/h6-7,10,12,18H,8-9,11H2,1-5H3. The summed E-state index contributed by atoms with van der Waals surface area (Å²) in [5.74, 6) is 0.584. The van der Waals surface area contributed by atoms with Gasteiger partial charge >= 0.3 is 6.09 Å². The summed E-state index contributed by atoms with van der Waals surface area (Å²) in [7, 11) is 0. The first-order chi connectivity index (χ1) is 9.76. The zero-order valence-electron chi connectivity index (χ0n) is 13.7. The van der Waals surface area contributed by atoms with E-state index in [0.29, 0.717) is 12.5 Å². The van der Waals surface area contributed by atoms with E-state index in [4.69, 9.17) is 4.74 Å². The normalized spacial score (nSPS) is 14.3. The quantitative estimate of drug-likeness (QED) is 0.913. The first kappa shape index (κ1) is 15.7. The molecule has 0 saturated carbocycles. The van der Waals surface area contributed by atoms with Crippen molar-refractivity contribution >= 4 is 17.5 Å². The van der Waals surface area contributed by atoms with Crippen LogP contribution in [0.2, 0.25) is 0 Å². The Morgan fingerprint density at radius 2 is 2.10 bits per heavy atom. The van der Waals surface area contributed by atoms with Crippen LogP contribution in [-0.2, 0) is 11.2 Å². The van der Waals surface area contributed by atoms with Gasteiger partial charge in [0.15, 0.2) is 0 Å². The third kappa shape index (κ3) is 4.13. The van der Waals surface area contributed by atoms with Gasteiger partial charge in [-0.2, -0.15) is 0 Å². The third-order valence-corrected chi connectivity index (χ3v) is 3.31. The van der Waals surface area contributed by atoms with E-state index in [1.165, 1.54) is 5.56 Å². The Balaban J connectivity index is 2.14. The van der Waals surface area contributed by atoms with Gasteiger partial charge < -0.3 is 10.1 Å². The smallest absolute Gasteiger partial charge is 0.414 e. The number of rotatable bonds is 3. The molecular formula is C17H26N2O2. The van der Waals surface area contributed by atoms with E-state index in [0.717, 1.165) is 24.3 Å². The molecule has 0 saturated heterocycles. The van der Waals surface area contributed by atoms with Gasteiger partial charge in [-0.15, -0.1) is 0 Å². The largest absolute Gasteiger partial charge is 0.443 e. The number of nitrogens with zero attached hydrogens (tertiary/aromatic N) is 1. The Labute approximate surface area is 127 Å². The summed E-state index contributed by atoms with van der Waals surface area (Å²) < 4.78 is 5.48. The maximum absolute atomic E-state index is 12.3. The summed E-state index contributed by atoms with van der Waals surface area (Å²) >= 11 is 0. The molecule has 1 aromatic rings. The molecule has 0 aromatic heterocycles. The first-order valence-electron chi connectivity index (χ1n) is 7.63. The molecule has 1 amide bonds. The highest BCUT2D eigenvalue weighted by Gasteiger charge is 2.29. The minimum atomic E-state index is -0.465. The second-order valence-corrected chi connectivity index (χ2v) is 7.00. The molecular weight excluding hydrogens is 264 g/mol. The van der Waals surface area contributed by atoms with Crippen molar-refractivity contribution in [2.75, 3.05) is 23.3 Å². The minimum Gasteiger partial charge on any atom is -0.443 e. The predicted octanol–water partition coefficient (Wildman–Crippen LogP) is 4.05. The average Bonchev–Trinajstić information content (AvgIpc) is 2.77. The lowest BCUT2D eigenvalue weighted by Gasteiger charge is -2.25. The highest BCUT2D eigenvalue weighted by Crippen LogP contribution is 2.32. The average molecular weight is 290 g/mol. The molecule has 0 spiro atoms. The lowest BCUT2D eigenvalue weighted by molar-refractivity contribution is 0.0584. The second kappa shape index (κ2) is 5.96. The number of anilines is 2. The Kier molecular flexibility index (Phi) is 4.45. The highest BCUT2D eigenvalue weighted by atomic mass is 16.6. The topological polar surface area (TPSA) is 41.6 Å². The number of ether oxygens (including phenoxy) is 1. The second-order valence-electron chi connectivity index (χ2n) is 7.00. The monoisotopic (exact) mass is 290 g/mol. The van der Waals surface area contributed by atoms with Gasteiger partial charge in [0.25, 0.3) is 0 Å². The van der Waals surface area contributed by atoms with Gasteiger partial charge in [-0.3, -0.25) is 4.90 Å². The maximum atomic E-state index is 12.3. The van der Waals surface area contributed by atoms with Gasteiger partial charge in [0.2, 0.25) is 0 Å². The summed E-state index contributed by atoms with van der Waals surface area (Å²) in [4.78, 5) is 14.0. The van der Waals surface area contributed by atoms with E-state index < -0.39 is 5.60 Å². The summed E-state index contributed by atoms with van der Waals surface area (Å²) in [6, 6.07) is 6.23. The molecule has 0 radical (unpaired) electrons. The summed E-state index contributed by atoms with van der Waals surface area (Å²) in [6.07, 6.45) is 0.626. The molecule has 0 unspecified atom stereocenters. The molecule has 2 rings (SSSR count). The minimum absolute atomic E-state index is 0.262. The van der Waals surface area contributed by atoms with Crippen LogP contribution in [0.1, 0.15) is 40.2 Å². The Morgan fingerprint density at radius 1 is 1.38 bits per heavy atom. The number of hydrogen-bond donors (Lipinski definition) is 1. The molecule has 0 aliphatic carbocycles. The fourth-order valence-electron chi connectivity index (χ4n) is 2.32. The molecule has 0 fully saturated rings.